The van der Waals surface area contributed by atoms with Crippen molar-refractivity contribution in [2.24, 2.45) is 0 Å². The van der Waals surface area contributed by atoms with Crippen LogP contribution < -0.4 is 5.32 Å². The van der Waals surface area contributed by atoms with Crippen LogP contribution in [0.4, 0.5) is 5.69 Å². The quantitative estimate of drug-likeness (QED) is 0.929. The van der Waals surface area contributed by atoms with Gasteiger partial charge in [-0.25, -0.2) is 0 Å². The third-order valence-corrected chi connectivity index (χ3v) is 4.58. The number of nitrogens with one attached hydrogen (secondary N) is 1. The number of thioether (sulfide) groups is 1. The Hall–Kier alpha value is -0.870. The van der Waals surface area contributed by atoms with E-state index in [2.05, 4.69) is 5.32 Å². The highest BCUT2D eigenvalue weighted by atomic mass is 35.5. The van der Waals surface area contributed by atoms with Gasteiger partial charge in [-0.1, -0.05) is 11.6 Å². The maximum Gasteiger partial charge on any atom is 0.253 e. The van der Waals surface area contributed by atoms with Gasteiger partial charge in [0.1, 0.15) is 0 Å². The molecule has 0 aromatic heterocycles. The van der Waals surface area contributed by atoms with E-state index in [-0.39, 0.29) is 5.91 Å². The molecule has 0 saturated carbocycles. The molecule has 1 fully saturated rings. The molecule has 0 bridgehead atoms. The fraction of sp³-hybridized carbons (Fsp3) is 0.500. The molecule has 0 radical (unpaired) electrons. The molecular weight excluding hydrogens is 280 g/mol. The summed E-state index contributed by atoms with van der Waals surface area (Å²) in [4.78, 5) is 13.5. The Balaban J connectivity index is 2.14. The van der Waals surface area contributed by atoms with Crippen LogP contribution in [0, 0.1) is 0 Å². The summed E-state index contributed by atoms with van der Waals surface area (Å²) in [6, 6.07) is 5.88. The first-order valence-corrected chi connectivity index (χ1v) is 7.96. The molecule has 2 rings (SSSR count). The molecule has 1 amide bonds. The number of hydrogen-bond acceptors (Lipinski definition) is 3. The summed E-state index contributed by atoms with van der Waals surface area (Å²) in [5.41, 5.74) is 1.54. The second-order valence-corrected chi connectivity index (χ2v) is 6.56. The van der Waals surface area contributed by atoms with Crippen molar-refractivity contribution in [1.29, 1.82) is 0 Å². The lowest BCUT2D eigenvalue weighted by molar-refractivity contribution is 0.0827. The Bertz CT molecular complexity index is 459. The van der Waals surface area contributed by atoms with Crippen LogP contribution >= 0.6 is 23.4 Å². The first-order valence-electron chi connectivity index (χ1n) is 6.43. The molecule has 0 spiro atoms. The predicted molar refractivity (Wildman–Crippen MR) is 83.4 cm³/mol. The summed E-state index contributed by atoms with van der Waals surface area (Å²) >= 11 is 8.20. The number of hydrogen-bond donors (Lipinski definition) is 1. The Morgan fingerprint density at radius 1 is 1.37 bits per heavy atom. The molecule has 1 aromatic carbocycles. The Labute approximate surface area is 123 Å². The van der Waals surface area contributed by atoms with Crippen LogP contribution in [0.2, 0.25) is 5.02 Å². The van der Waals surface area contributed by atoms with E-state index in [0.717, 1.165) is 18.5 Å². The van der Waals surface area contributed by atoms with Crippen LogP contribution in [-0.2, 0) is 0 Å². The molecule has 1 aliphatic rings. The van der Waals surface area contributed by atoms with Gasteiger partial charge in [0.2, 0.25) is 0 Å². The Morgan fingerprint density at radius 2 is 2.05 bits per heavy atom. The molecule has 0 atom stereocenters. The SMILES string of the molecule is CN(C)C(=O)c1ccc(Cl)c(NC2CCSCC2)c1. The van der Waals surface area contributed by atoms with Gasteiger partial charge in [-0.2, -0.15) is 11.8 Å². The van der Waals surface area contributed by atoms with E-state index in [1.165, 1.54) is 11.5 Å². The molecule has 3 nitrogen and oxygen atoms in total. The van der Waals surface area contributed by atoms with E-state index in [4.69, 9.17) is 11.6 Å². The number of carbonyl (C=O) groups excluding carboxylic acids is 1. The molecule has 0 aliphatic carbocycles. The lowest BCUT2D eigenvalue weighted by Crippen LogP contribution is -2.25. The Morgan fingerprint density at radius 3 is 2.68 bits per heavy atom. The largest absolute Gasteiger partial charge is 0.381 e. The fourth-order valence-electron chi connectivity index (χ4n) is 2.09. The van der Waals surface area contributed by atoms with Gasteiger partial charge in [0.05, 0.1) is 10.7 Å². The minimum Gasteiger partial charge on any atom is -0.381 e. The van der Waals surface area contributed by atoms with Crippen molar-refractivity contribution in [3.63, 3.8) is 0 Å². The normalized spacial score (nSPS) is 16.2. The summed E-state index contributed by atoms with van der Waals surface area (Å²) in [5, 5.41) is 4.14. The van der Waals surface area contributed by atoms with Crippen molar-refractivity contribution in [2.45, 2.75) is 18.9 Å². The molecule has 1 heterocycles. The van der Waals surface area contributed by atoms with Gasteiger partial charge in [-0.15, -0.1) is 0 Å². The van der Waals surface area contributed by atoms with E-state index < -0.39 is 0 Å². The topological polar surface area (TPSA) is 32.3 Å². The highest BCUT2D eigenvalue weighted by Gasteiger charge is 2.16. The molecule has 1 N–H and O–H groups in total. The summed E-state index contributed by atoms with van der Waals surface area (Å²) in [6.45, 7) is 0. The van der Waals surface area contributed by atoms with Gasteiger partial charge in [-0.3, -0.25) is 4.79 Å². The third-order valence-electron chi connectivity index (χ3n) is 3.20. The average molecular weight is 299 g/mol. The molecule has 104 valence electrons. The molecule has 1 saturated heterocycles. The van der Waals surface area contributed by atoms with Crippen LogP contribution in [0.15, 0.2) is 18.2 Å². The molecular formula is C14H19ClN2OS. The summed E-state index contributed by atoms with van der Waals surface area (Å²) in [5.74, 6) is 2.37. The maximum atomic E-state index is 12.0. The van der Waals surface area contributed by atoms with Crippen LogP contribution in [0.5, 0.6) is 0 Å². The maximum absolute atomic E-state index is 12.0. The molecule has 1 aliphatic heterocycles. The first-order chi connectivity index (χ1) is 9.08. The lowest BCUT2D eigenvalue weighted by atomic mass is 10.1. The number of carbonyl (C=O) groups is 1. The summed E-state index contributed by atoms with van der Waals surface area (Å²) in [6.07, 6.45) is 2.29. The molecule has 19 heavy (non-hydrogen) atoms. The second kappa shape index (κ2) is 6.53. The highest BCUT2D eigenvalue weighted by molar-refractivity contribution is 7.99. The standard InChI is InChI=1S/C14H19ClN2OS/c1-17(2)14(18)10-3-4-12(15)13(9-10)16-11-5-7-19-8-6-11/h3-4,9,11,16H,5-8H2,1-2H3. The monoisotopic (exact) mass is 298 g/mol. The number of nitrogens with zero attached hydrogens (tertiary/aromatic N) is 1. The smallest absolute Gasteiger partial charge is 0.253 e. The molecule has 5 heteroatoms. The number of rotatable bonds is 3. The van der Waals surface area contributed by atoms with Crippen molar-refractivity contribution in [2.75, 3.05) is 30.9 Å². The zero-order valence-corrected chi connectivity index (χ0v) is 12.9. The minimum atomic E-state index is -0.00100. The zero-order valence-electron chi connectivity index (χ0n) is 11.3. The predicted octanol–water partition coefficient (Wildman–Crippen LogP) is 3.35. The zero-order chi connectivity index (χ0) is 13.8. The van der Waals surface area contributed by atoms with E-state index >= 15 is 0 Å². The van der Waals surface area contributed by atoms with E-state index in [1.807, 2.05) is 17.8 Å². The van der Waals surface area contributed by atoms with Crippen molar-refractivity contribution in [3.8, 4) is 0 Å². The van der Waals surface area contributed by atoms with Crippen molar-refractivity contribution < 1.29 is 4.79 Å². The van der Waals surface area contributed by atoms with E-state index in [9.17, 15) is 4.79 Å². The fourth-order valence-corrected chi connectivity index (χ4v) is 3.37. The molecule has 1 aromatic rings. The lowest BCUT2D eigenvalue weighted by Gasteiger charge is -2.24. The van der Waals surface area contributed by atoms with Crippen LogP contribution in [-0.4, -0.2) is 42.4 Å². The van der Waals surface area contributed by atoms with Gasteiger partial charge in [-0.05, 0) is 42.5 Å². The minimum absolute atomic E-state index is 0.00100. The van der Waals surface area contributed by atoms with Gasteiger partial charge < -0.3 is 10.2 Å². The first kappa shape index (κ1) is 14.5. The van der Waals surface area contributed by atoms with Crippen molar-refractivity contribution in [3.05, 3.63) is 28.8 Å². The summed E-state index contributed by atoms with van der Waals surface area (Å²) in [7, 11) is 3.50. The van der Waals surface area contributed by atoms with E-state index in [0.29, 0.717) is 16.6 Å². The van der Waals surface area contributed by atoms with Crippen molar-refractivity contribution >= 4 is 35.0 Å². The second-order valence-electron chi connectivity index (χ2n) is 4.93. The van der Waals surface area contributed by atoms with Gasteiger partial charge >= 0.3 is 0 Å². The van der Waals surface area contributed by atoms with Gasteiger partial charge in [0.25, 0.3) is 5.91 Å². The number of amides is 1. The highest BCUT2D eigenvalue weighted by Crippen LogP contribution is 2.27. The average Bonchev–Trinajstić information content (AvgIpc) is 2.41. The van der Waals surface area contributed by atoms with Crippen molar-refractivity contribution in [1.82, 2.24) is 4.90 Å². The third kappa shape index (κ3) is 3.80. The number of benzene rings is 1. The van der Waals surface area contributed by atoms with Crippen LogP contribution in [0.1, 0.15) is 23.2 Å². The Kier molecular flexibility index (Phi) is 4.99. The van der Waals surface area contributed by atoms with Crippen LogP contribution in [0.3, 0.4) is 0 Å². The number of anilines is 1. The van der Waals surface area contributed by atoms with Crippen LogP contribution in [0.25, 0.3) is 0 Å². The van der Waals surface area contributed by atoms with Gasteiger partial charge in [0, 0.05) is 25.7 Å². The number of halogens is 1. The summed E-state index contributed by atoms with van der Waals surface area (Å²) < 4.78 is 0. The van der Waals surface area contributed by atoms with Gasteiger partial charge in [0.15, 0.2) is 0 Å². The van der Waals surface area contributed by atoms with E-state index in [1.54, 1.807) is 31.1 Å². The molecule has 0 unspecified atom stereocenters.